The number of hydrogen-bond donors (Lipinski definition) is 2. The fourth-order valence-electron chi connectivity index (χ4n) is 4.11. The van der Waals surface area contributed by atoms with Crippen molar-refractivity contribution in [3.63, 3.8) is 0 Å². The number of methoxy groups -OCH3 is 1. The molecule has 36 heavy (non-hydrogen) atoms. The lowest BCUT2D eigenvalue weighted by atomic mass is 10.1. The Morgan fingerprint density at radius 3 is 2.61 bits per heavy atom. The summed E-state index contributed by atoms with van der Waals surface area (Å²) in [7, 11) is 5.56. The molecule has 0 fully saturated rings. The molecule has 0 aliphatic rings. The molecule has 4 aromatic rings. The van der Waals surface area contributed by atoms with Crippen LogP contribution in [0.5, 0.6) is 5.75 Å². The third kappa shape index (κ3) is 5.92. The van der Waals surface area contributed by atoms with Crippen LogP contribution in [-0.4, -0.2) is 35.1 Å². The molecule has 2 aromatic carbocycles. The van der Waals surface area contributed by atoms with Crippen molar-refractivity contribution >= 4 is 23.3 Å². The van der Waals surface area contributed by atoms with Crippen molar-refractivity contribution in [2.45, 2.75) is 32.7 Å². The molecule has 7 nitrogen and oxygen atoms in total. The Morgan fingerprint density at radius 2 is 1.92 bits per heavy atom. The lowest BCUT2D eigenvalue weighted by Crippen LogP contribution is -2.08. The first kappa shape index (κ1) is 25.0. The molecule has 0 saturated heterocycles. The van der Waals surface area contributed by atoms with E-state index in [0.717, 1.165) is 52.6 Å². The highest BCUT2D eigenvalue weighted by Crippen LogP contribution is 2.30. The largest absolute Gasteiger partial charge is 0.495 e. The standard InChI is InChI=1S/C29H34N6O/c1-20(23-9-11-25(30-3)12-10-23)34-26-13-8-22(17-29(26)36-5)7-6-15-31-27-18-24(19-32-21(27)2)28-14-16-33-35(28)4/h8-20,30,34H,6-7H2,1-5H3/b31-15-. The molecule has 0 aliphatic carbocycles. The fraction of sp³-hybridized carbons (Fsp3) is 0.276. The lowest BCUT2D eigenvalue weighted by Gasteiger charge is -2.19. The minimum atomic E-state index is 0.154. The predicted octanol–water partition coefficient (Wildman–Crippen LogP) is 6.35. The predicted molar refractivity (Wildman–Crippen MR) is 149 cm³/mol. The number of aromatic nitrogens is 3. The second kappa shape index (κ2) is 11.5. The zero-order valence-electron chi connectivity index (χ0n) is 21.6. The molecule has 0 bridgehead atoms. The summed E-state index contributed by atoms with van der Waals surface area (Å²) >= 11 is 0. The highest BCUT2D eigenvalue weighted by molar-refractivity contribution is 5.69. The first-order chi connectivity index (χ1) is 17.5. The summed E-state index contributed by atoms with van der Waals surface area (Å²) in [5.41, 5.74) is 8.31. The van der Waals surface area contributed by atoms with Gasteiger partial charge in [-0.2, -0.15) is 5.10 Å². The molecular formula is C29H34N6O. The Hall–Kier alpha value is -4.13. The zero-order chi connectivity index (χ0) is 25.5. The summed E-state index contributed by atoms with van der Waals surface area (Å²) in [6.07, 6.45) is 7.31. The van der Waals surface area contributed by atoms with Gasteiger partial charge < -0.3 is 15.4 Å². The van der Waals surface area contributed by atoms with Gasteiger partial charge in [0.1, 0.15) is 5.75 Å². The number of hydrogen-bond acceptors (Lipinski definition) is 6. The molecule has 4 rings (SSSR count). The normalized spacial score (nSPS) is 12.0. The fourth-order valence-corrected chi connectivity index (χ4v) is 4.11. The van der Waals surface area contributed by atoms with Crippen LogP contribution in [0.2, 0.25) is 0 Å². The first-order valence-corrected chi connectivity index (χ1v) is 12.2. The maximum Gasteiger partial charge on any atom is 0.142 e. The summed E-state index contributed by atoms with van der Waals surface area (Å²) in [6, 6.07) is 19.0. The molecule has 0 amide bonds. The average Bonchev–Trinajstić information content (AvgIpc) is 3.34. The number of pyridine rings is 1. The van der Waals surface area contributed by atoms with E-state index in [1.165, 1.54) is 11.1 Å². The van der Waals surface area contributed by atoms with Crippen LogP contribution >= 0.6 is 0 Å². The Kier molecular flexibility index (Phi) is 8.00. The van der Waals surface area contributed by atoms with Gasteiger partial charge >= 0.3 is 0 Å². The molecule has 186 valence electrons. The van der Waals surface area contributed by atoms with Crippen molar-refractivity contribution in [1.82, 2.24) is 14.8 Å². The van der Waals surface area contributed by atoms with Crippen molar-refractivity contribution in [2.24, 2.45) is 12.0 Å². The number of aliphatic imine (C=N–C) groups is 1. The van der Waals surface area contributed by atoms with Gasteiger partial charge in [-0.3, -0.25) is 14.7 Å². The molecule has 0 spiro atoms. The number of benzene rings is 2. The van der Waals surface area contributed by atoms with E-state index >= 15 is 0 Å². The molecule has 2 heterocycles. The summed E-state index contributed by atoms with van der Waals surface area (Å²) in [6.45, 7) is 4.13. The van der Waals surface area contributed by atoms with Crippen LogP contribution in [0.15, 0.2) is 72.0 Å². The molecule has 2 N–H and O–H groups in total. The van der Waals surface area contributed by atoms with E-state index in [1.54, 1.807) is 13.3 Å². The van der Waals surface area contributed by atoms with Gasteiger partial charge in [0.25, 0.3) is 0 Å². The topological polar surface area (TPSA) is 76.4 Å². The van der Waals surface area contributed by atoms with Crippen LogP contribution in [-0.2, 0) is 13.5 Å². The molecule has 2 aromatic heterocycles. The van der Waals surface area contributed by atoms with Crippen LogP contribution < -0.4 is 15.4 Å². The van der Waals surface area contributed by atoms with E-state index in [0.29, 0.717) is 0 Å². The molecule has 0 radical (unpaired) electrons. The smallest absolute Gasteiger partial charge is 0.142 e. The number of rotatable bonds is 10. The Morgan fingerprint density at radius 1 is 1.11 bits per heavy atom. The lowest BCUT2D eigenvalue weighted by molar-refractivity contribution is 0.415. The molecule has 0 saturated carbocycles. The summed E-state index contributed by atoms with van der Waals surface area (Å²) in [5.74, 6) is 0.840. The Bertz CT molecular complexity index is 1330. The van der Waals surface area contributed by atoms with Gasteiger partial charge in [0.2, 0.25) is 0 Å². The number of aryl methyl sites for hydroxylation is 3. The van der Waals surface area contributed by atoms with E-state index in [2.05, 4.69) is 76.2 Å². The maximum absolute atomic E-state index is 5.69. The van der Waals surface area contributed by atoms with Gasteiger partial charge in [-0.05, 0) is 74.2 Å². The van der Waals surface area contributed by atoms with E-state index in [4.69, 9.17) is 9.73 Å². The summed E-state index contributed by atoms with van der Waals surface area (Å²) in [4.78, 5) is 9.22. The van der Waals surface area contributed by atoms with Crippen molar-refractivity contribution < 1.29 is 4.74 Å². The first-order valence-electron chi connectivity index (χ1n) is 12.2. The molecule has 1 atom stereocenters. The number of nitrogens with zero attached hydrogens (tertiary/aromatic N) is 4. The zero-order valence-corrected chi connectivity index (χ0v) is 21.6. The van der Waals surface area contributed by atoms with E-state index in [-0.39, 0.29) is 6.04 Å². The maximum atomic E-state index is 5.69. The highest BCUT2D eigenvalue weighted by Gasteiger charge is 2.10. The van der Waals surface area contributed by atoms with Gasteiger partial charge in [0.15, 0.2) is 0 Å². The number of anilines is 2. The van der Waals surface area contributed by atoms with Crippen molar-refractivity contribution in [2.75, 3.05) is 24.8 Å². The van der Waals surface area contributed by atoms with Crippen molar-refractivity contribution in [3.05, 3.63) is 83.8 Å². The summed E-state index contributed by atoms with van der Waals surface area (Å²) < 4.78 is 7.53. The van der Waals surface area contributed by atoms with Gasteiger partial charge in [0.05, 0.1) is 29.9 Å². The van der Waals surface area contributed by atoms with Gasteiger partial charge in [-0.1, -0.05) is 18.2 Å². The van der Waals surface area contributed by atoms with Gasteiger partial charge in [-0.15, -0.1) is 0 Å². The quantitative estimate of drug-likeness (QED) is 0.258. The summed E-state index contributed by atoms with van der Waals surface area (Å²) in [5, 5.41) is 11.0. The molecular weight excluding hydrogens is 448 g/mol. The van der Waals surface area contributed by atoms with Crippen LogP contribution in [0.4, 0.5) is 17.1 Å². The molecule has 1 unspecified atom stereocenters. The molecule has 7 heteroatoms. The van der Waals surface area contributed by atoms with Crippen LogP contribution in [0.25, 0.3) is 11.3 Å². The van der Waals surface area contributed by atoms with Crippen molar-refractivity contribution in [3.8, 4) is 17.0 Å². The third-order valence-corrected chi connectivity index (χ3v) is 6.31. The monoisotopic (exact) mass is 482 g/mol. The number of ether oxygens (including phenoxy) is 1. The van der Waals surface area contributed by atoms with Gasteiger partial charge in [-0.25, -0.2) is 0 Å². The number of nitrogens with one attached hydrogen (secondary N) is 2. The Labute approximate surface area is 213 Å². The average molecular weight is 483 g/mol. The Balaban J connectivity index is 1.39. The third-order valence-electron chi connectivity index (χ3n) is 6.31. The van der Waals surface area contributed by atoms with Crippen LogP contribution in [0.3, 0.4) is 0 Å². The van der Waals surface area contributed by atoms with E-state index < -0.39 is 0 Å². The highest BCUT2D eigenvalue weighted by atomic mass is 16.5. The van der Waals surface area contributed by atoms with Crippen LogP contribution in [0, 0.1) is 6.92 Å². The van der Waals surface area contributed by atoms with Crippen molar-refractivity contribution in [1.29, 1.82) is 0 Å². The van der Waals surface area contributed by atoms with Crippen LogP contribution in [0.1, 0.15) is 36.2 Å². The molecule has 0 aliphatic heterocycles. The SMILES string of the molecule is CNc1ccc(C(C)Nc2ccc(CC/C=N\c3cc(-c4ccnn4C)cnc3C)cc2OC)cc1. The minimum Gasteiger partial charge on any atom is -0.495 e. The minimum absolute atomic E-state index is 0.154. The second-order valence-corrected chi connectivity index (χ2v) is 8.79. The second-order valence-electron chi connectivity index (χ2n) is 8.79. The van der Waals surface area contributed by atoms with Gasteiger partial charge in [0, 0.05) is 50.0 Å². The van der Waals surface area contributed by atoms with E-state index in [9.17, 15) is 0 Å². The van der Waals surface area contributed by atoms with E-state index in [1.807, 2.05) is 44.2 Å².